The topological polar surface area (TPSA) is 68.5 Å². The Labute approximate surface area is 138 Å². The number of benzene rings is 2. The molecule has 1 heterocycles. The summed E-state index contributed by atoms with van der Waals surface area (Å²) in [5.74, 6) is 0.199. The molecule has 5 heteroatoms. The minimum absolute atomic E-state index is 0.268. The Hall–Kier alpha value is -3.08. The van der Waals surface area contributed by atoms with Crippen LogP contribution >= 0.6 is 0 Å². The summed E-state index contributed by atoms with van der Waals surface area (Å²) in [6.45, 7) is 3.91. The highest BCUT2D eigenvalue weighted by Crippen LogP contribution is 2.24. The first kappa shape index (κ1) is 15.8. The van der Waals surface area contributed by atoms with Crippen LogP contribution in [0.4, 0.5) is 5.69 Å². The van der Waals surface area contributed by atoms with Gasteiger partial charge in [-0.2, -0.15) is 0 Å². The Morgan fingerprint density at radius 1 is 1.12 bits per heavy atom. The zero-order valence-corrected chi connectivity index (χ0v) is 13.7. The number of anilines is 1. The van der Waals surface area contributed by atoms with E-state index in [0.717, 1.165) is 16.8 Å². The third-order valence-electron chi connectivity index (χ3n) is 4.05. The second-order valence-corrected chi connectivity index (χ2v) is 5.54. The first-order chi connectivity index (χ1) is 11.5. The molecule has 0 spiro atoms. The van der Waals surface area contributed by atoms with Crippen molar-refractivity contribution in [2.45, 2.75) is 13.8 Å². The van der Waals surface area contributed by atoms with Gasteiger partial charge in [-0.3, -0.25) is 4.79 Å². The number of carbonyl (C=O) groups excluding carboxylic acids is 1. The zero-order valence-electron chi connectivity index (χ0n) is 13.7. The van der Waals surface area contributed by atoms with E-state index in [9.17, 15) is 9.59 Å². The normalized spacial score (nSPS) is 10.6. The summed E-state index contributed by atoms with van der Waals surface area (Å²) in [5.41, 5.74) is 2.78. The van der Waals surface area contributed by atoms with Crippen LogP contribution in [0, 0.1) is 13.8 Å². The highest BCUT2D eigenvalue weighted by molar-refractivity contribution is 6.12. The van der Waals surface area contributed by atoms with Gasteiger partial charge in [0, 0.05) is 23.2 Å². The van der Waals surface area contributed by atoms with Crippen LogP contribution < -0.4 is 15.7 Å². The molecule has 0 radical (unpaired) electrons. The fraction of sp³-hybridized carbons (Fsp3) is 0.158. The van der Waals surface area contributed by atoms with Gasteiger partial charge in [0.25, 0.3) is 5.91 Å². The second kappa shape index (κ2) is 6.20. The molecule has 0 atom stereocenters. The van der Waals surface area contributed by atoms with Crippen LogP contribution in [-0.2, 0) is 0 Å². The van der Waals surface area contributed by atoms with E-state index in [0.29, 0.717) is 16.7 Å². The molecule has 1 amide bonds. The fourth-order valence-corrected chi connectivity index (χ4v) is 2.53. The van der Waals surface area contributed by atoms with Gasteiger partial charge in [0.15, 0.2) is 0 Å². The Morgan fingerprint density at radius 3 is 2.67 bits per heavy atom. The number of aryl methyl sites for hydroxylation is 1. The van der Waals surface area contributed by atoms with E-state index < -0.39 is 5.63 Å². The molecular formula is C19H17NO4. The molecule has 0 fully saturated rings. The standard InChI is InChI=1S/C19H17NO4/c1-11-5-4-6-16(12(11)2)20-19(22)15-10-18(21)24-17-9-13(23-3)7-8-14(15)17/h4-10H,1-3H3,(H,20,22). The van der Waals surface area contributed by atoms with Gasteiger partial charge >= 0.3 is 5.63 Å². The van der Waals surface area contributed by atoms with Gasteiger partial charge in [-0.25, -0.2) is 4.79 Å². The summed E-state index contributed by atoms with van der Waals surface area (Å²) in [6.07, 6.45) is 0. The minimum atomic E-state index is -0.582. The summed E-state index contributed by atoms with van der Waals surface area (Å²) >= 11 is 0. The summed E-state index contributed by atoms with van der Waals surface area (Å²) in [7, 11) is 1.52. The van der Waals surface area contributed by atoms with Crippen LogP contribution in [0.5, 0.6) is 5.75 Å². The number of fused-ring (bicyclic) bond motifs is 1. The quantitative estimate of drug-likeness (QED) is 0.747. The third-order valence-corrected chi connectivity index (χ3v) is 4.05. The average molecular weight is 323 g/mol. The van der Waals surface area contributed by atoms with Gasteiger partial charge < -0.3 is 14.5 Å². The van der Waals surface area contributed by atoms with E-state index in [1.807, 2.05) is 32.0 Å². The maximum absolute atomic E-state index is 12.7. The predicted molar refractivity (Wildman–Crippen MR) is 92.9 cm³/mol. The number of nitrogens with one attached hydrogen (secondary N) is 1. The van der Waals surface area contributed by atoms with Gasteiger partial charge in [-0.15, -0.1) is 0 Å². The van der Waals surface area contributed by atoms with Crippen LogP contribution in [-0.4, -0.2) is 13.0 Å². The van der Waals surface area contributed by atoms with E-state index in [4.69, 9.17) is 9.15 Å². The van der Waals surface area contributed by atoms with Crippen LogP contribution in [0.25, 0.3) is 11.0 Å². The van der Waals surface area contributed by atoms with Crippen molar-refractivity contribution in [2.24, 2.45) is 0 Å². The first-order valence-electron chi connectivity index (χ1n) is 7.49. The summed E-state index contributed by atoms with van der Waals surface area (Å²) < 4.78 is 10.3. The molecule has 2 aromatic carbocycles. The first-order valence-corrected chi connectivity index (χ1v) is 7.49. The number of ether oxygens (including phenoxy) is 1. The molecule has 1 aromatic heterocycles. The summed E-state index contributed by atoms with van der Waals surface area (Å²) in [5, 5.41) is 3.42. The number of hydrogen-bond acceptors (Lipinski definition) is 4. The van der Waals surface area contributed by atoms with Crippen molar-refractivity contribution < 1.29 is 13.9 Å². The number of methoxy groups -OCH3 is 1. The van der Waals surface area contributed by atoms with Gasteiger partial charge in [0.05, 0.1) is 12.7 Å². The van der Waals surface area contributed by atoms with Crippen molar-refractivity contribution in [3.05, 3.63) is 69.6 Å². The molecule has 0 saturated carbocycles. The van der Waals surface area contributed by atoms with Crippen molar-refractivity contribution in [3.8, 4) is 5.75 Å². The third kappa shape index (κ3) is 2.88. The molecule has 0 aliphatic heterocycles. The van der Waals surface area contributed by atoms with Gasteiger partial charge in [-0.05, 0) is 43.2 Å². The fourth-order valence-electron chi connectivity index (χ4n) is 2.53. The molecule has 3 aromatic rings. The molecule has 0 bridgehead atoms. The van der Waals surface area contributed by atoms with Crippen LogP contribution in [0.2, 0.25) is 0 Å². The molecule has 0 unspecified atom stereocenters. The smallest absolute Gasteiger partial charge is 0.337 e. The highest BCUT2D eigenvalue weighted by atomic mass is 16.5. The van der Waals surface area contributed by atoms with E-state index >= 15 is 0 Å². The molecule has 0 aliphatic rings. The van der Waals surface area contributed by atoms with Crippen molar-refractivity contribution >= 4 is 22.6 Å². The Balaban J connectivity index is 2.06. The molecule has 3 rings (SSSR count). The molecule has 1 N–H and O–H groups in total. The highest BCUT2D eigenvalue weighted by Gasteiger charge is 2.15. The van der Waals surface area contributed by atoms with Gasteiger partial charge in [-0.1, -0.05) is 12.1 Å². The summed E-state index contributed by atoms with van der Waals surface area (Å²) in [6, 6.07) is 11.9. The lowest BCUT2D eigenvalue weighted by molar-refractivity contribution is 0.102. The maximum atomic E-state index is 12.7. The number of amides is 1. The number of rotatable bonds is 3. The van der Waals surface area contributed by atoms with Crippen LogP contribution in [0.1, 0.15) is 21.5 Å². The van der Waals surface area contributed by atoms with Crippen molar-refractivity contribution in [1.82, 2.24) is 0 Å². The van der Waals surface area contributed by atoms with Crippen LogP contribution in [0.15, 0.2) is 51.7 Å². The van der Waals surface area contributed by atoms with Crippen molar-refractivity contribution in [1.29, 1.82) is 0 Å². The monoisotopic (exact) mass is 323 g/mol. The largest absolute Gasteiger partial charge is 0.497 e. The lowest BCUT2D eigenvalue weighted by Gasteiger charge is -2.11. The minimum Gasteiger partial charge on any atom is -0.497 e. The SMILES string of the molecule is COc1ccc2c(C(=O)Nc3cccc(C)c3C)cc(=O)oc2c1. The zero-order chi connectivity index (χ0) is 17.3. The van der Waals surface area contributed by atoms with E-state index in [2.05, 4.69) is 5.32 Å². The van der Waals surface area contributed by atoms with Gasteiger partial charge in [0.2, 0.25) is 0 Å². The predicted octanol–water partition coefficient (Wildman–Crippen LogP) is 3.67. The molecular weight excluding hydrogens is 306 g/mol. The number of hydrogen-bond donors (Lipinski definition) is 1. The molecule has 24 heavy (non-hydrogen) atoms. The maximum Gasteiger partial charge on any atom is 0.337 e. The van der Waals surface area contributed by atoms with Crippen LogP contribution in [0.3, 0.4) is 0 Å². The van der Waals surface area contributed by atoms with Gasteiger partial charge in [0.1, 0.15) is 11.3 Å². The van der Waals surface area contributed by atoms with E-state index in [1.165, 1.54) is 13.2 Å². The van der Waals surface area contributed by atoms with E-state index in [-0.39, 0.29) is 11.5 Å². The molecule has 0 saturated heterocycles. The molecule has 5 nitrogen and oxygen atoms in total. The summed E-state index contributed by atoms with van der Waals surface area (Å²) in [4.78, 5) is 24.5. The Bertz CT molecular complexity index is 988. The Kier molecular flexibility index (Phi) is 4.08. The Morgan fingerprint density at radius 2 is 1.92 bits per heavy atom. The lowest BCUT2D eigenvalue weighted by Crippen LogP contribution is -2.16. The second-order valence-electron chi connectivity index (χ2n) is 5.54. The molecule has 122 valence electrons. The van der Waals surface area contributed by atoms with Crippen molar-refractivity contribution in [3.63, 3.8) is 0 Å². The average Bonchev–Trinajstić information content (AvgIpc) is 2.57. The lowest BCUT2D eigenvalue weighted by atomic mass is 10.1. The van der Waals surface area contributed by atoms with E-state index in [1.54, 1.807) is 18.2 Å². The number of carbonyl (C=O) groups is 1. The molecule has 0 aliphatic carbocycles. The van der Waals surface area contributed by atoms with Crippen molar-refractivity contribution in [2.75, 3.05) is 12.4 Å².